The molecular formula is C14H16ClN3OS. The average Bonchev–Trinajstić information content (AvgIpc) is 2.87. The van der Waals surface area contributed by atoms with Gasteiger partial charge in [-0.3, -0.25) is 9.69 Å². The molecule has 0 spiro atoms. The molecule has 0 fully saturated rings. The molecule has 2 rings (SSSR count). The van der Waals surface area contributed by atoms with Crippen LogP contribution in [0.2, 0.25) is 0 Å². The number of hydrogen-bond acceptors (Lipinski definition) is 4. The van der Waals surface area contributed by atoms with Crippen molar-refractivity contribution < 1.29 is 4.79 Å². The molecule has 0 aliphatic rings. The van der Waals surface area contributed by atoms with Crippen LogP contribution in [0.15, 0.2) is 29.6 Å². The molecule has 0 bridgehead atoms. The standard InChI is InChI=1S/C14H16ClN3OS/c1-18(8-13(16)19)7-10-4-2-3-5-12(10)14-17-11(6-15)9-20-14/h2-5,9H,6-8H2,1H3,(H2,16,19). The lowest BCUT2D eigenvalue weighted by Crippen LogP contribution is -2.30. The maximum Gasteiger partial charge on any atom is 0.231 e. The van der Waals surface area contributed by atoms with Gasteiger partial charge in [0, 0.05) is 17.5 Å². The molecule has 20 heavy (non-hydrogen) atoms. The van der Waals surface area contributed by atoms with Crippen molar-refractivity contribution in [1.29, 1.82) is 0 Å². The molecule has 2 aromatic rings. The van der Waals surface area contributed by atoms with Gasteiger partial charge in [0.05, 0.1) is 18.1 Å². The molecule has 0 aliphatic carbocycles. The van der Waals surface area contributed by atoms with Crippen LogP contribution in [0.25, 0.3) is 10.6 Å². The number of alkyl halides is 1. The SMILES string of the molecule is CN(CC(N)=O)Cc1ccccc1-c1nc(CCl)cs1. The van der Waals surface area contributed by atoms with Crippen LogP contribution >= 0.6 is 22.9 Å². The molecule has 2 N–H and O–H groups in total. The minimum absolute atomic E-state index is 0.235. The summed E-state index contributed by atoms with van der Waals surface area (Å²) in [6, 6.07) is 8.03. The highest BCUT2D eigenvalue weighted by atomic mass is 35.5. The van der Waals surface area contributed by atoms with E-state index in [1.807, 2.05) is 41.6 Å². The van der Waals surface area contributed by atoms with E-state index in [0.717, 1.165) is 21.8 Å². The summed E-state index contributed by atoms with van der Waals surface area (Å²) in [7, 11) is 1.87. The number of aromatic nitrogens is 1. The molecule has 0 aliphatic heterocycles. The van der Waals surface area contributed by atoms with Crippen LogP contribution in [0.3, 0.4) is 0 Å². The van der Waals surface area contributed by atoms with Crippen LogP contribution in [0.4, 0.5) is 0 Å². The number of benzene rings is 1. The zero-order valence-corrected chi connectivity index (χ0v) is 12.7. The van der Waals surface area contributed by atoms with E-state index in [2.05, 4.69) is 4.98 Å². The van der Waals surface area contributed by atoms with E-state index in [9.17, 15) is 4.79 Å². The second kappa shape index (κ2) is 6.83. The van der Waals surface area contributed by atoms with Gasteiger partial charge in [-0.15, -0.1) is 22.9 Å². The Bertz CT molecular complexity index is 600. The smallest absolute Gasteiger partial charge is 0.231 e. The monoisotopic (exact) mass is 309 g/mol. The number of primary amides is 1. The topological polar surface area (TPSA) is 59.2 Å². The van der Waals surface area contributed by atoms with Gasteiger partial charge in [0.2, 0.25) is 5.91 Å². The van der Waals surface area contributed by atoms with E-state index < -0.39 is 0 Å². The fourth-order valence-corrected chi connectivity index (χ4v) is 3.08. The molecule has 0 atom stereocenters. The van der Waals surface area contributed by atoms with Crippen LogP contribution in [-0.4, -0.2) is 29.4 Å². The van der Waals surface area contributed by atoms with Crippen molar-refractivity contribution in [3.8, 4) is 10.6 Å². The first kappa shape index (κ1) is 15.0. The number of thiazole rings is 1. The highest BCUT2D eigenvalue weighted by Crippen LogP contribution is 2.28. The summed E-state index contributed by atoms with van der Waals surface area (Å²) >= 11 is 7.37. The first-order valence-electron chi connectivity index (χ1n) is 6.15. The second-order valence-electron chi connectivity index (χ2n) is 4.57. The molecule has 1 amide bonds. The molecule has 106 valence electrons. The Balaban J connectivity index is 2.23. The number of nitrogens with zero attached hydrogens (tertiary/aromatic N) is 2. The number of hydrogen-bond donors (Lipinski definition) is 1. The second-order valence-corrected chi connectivity index (χ2v) is 5.70. The molecule has 0 unspecified atom stereocenters. The lowest BCUT2D eigenvalue weighted by molar-refractivity contribution is -0.118. The van der Waals surface area contributed by atoms with Gasteiger partial charge >= 0.3 is 0 Å². The van der Waals surface area contributed by atoms with Gasteiger partial charge in [-0.25, -0.2) is 4.98 Å². The molecule has 0 saturated carbocycles. The summed E-state index contributed by atoms with van der Waals surface area (Å²) in [6.45, 7) is 0.883. The minimum atomic E-state index is -0.330. The van der Waals surface area contributed by atoms with Crippen molar-refractivity contribution >= 4 is 28.8 Å². The minimum Gasteiger partial charge on any atom is -0.369 e. The molecule has 6 heteroatoms. The Morgan fingerprint density at radius 2 is 2.20 bits per heavy atom. The summed E-state index contributed by atoms with van der Waals surface area (Å²) in [5, 5.41) is 2.91. The lowest BCUT2D eigenvalue weighted by atomic mass is 10.1. The van der Waals surface area contributed by atoms with E-state index in [1.165, 1.54) is 0 Å². The molecule has 0 saturated heterocycles. The van der Waals surface area contributed by atoms with Gasteiger partial charge in [-0.1, -0.05) is 24.3 Å². The van der Waals surface area contributed by atoms with E-state index in [1.54, 1.807) is 11.3 Å². The van der Waals surface area contributed by atoms with Crippen molar-refractivity contribution in [2.45, 2.75) is 12.4 Å². The van der Waals surface area contributed by atoms with Gasteiger partial charge < -0.3 is 5.73 Å². The number of carbonyl (C=O) groups excluding carboxylic acids is 1. The number of carbonyl (C=O) groups is 1. The normalized spacial score (nSPS) is 10.9. The van der Waals surface area contributed by atoms with E-state index in [4.69, 9.17) is 17.3 Å². The lowest BCUT2D eigenvalue weighted by Gasteiger charge is -2.16. The molecule has 1 aromatic carbocycles. The number of nitrogens with two attached hydrogens (primary N) is 1. The third-order valence-electron chi connectivity index (χ3n) is 2.80. The Hall–Kier alpha value is -1.43. The molecule has 0 radical (unpaired) electrons. The van der Waals surface area contributed by atoms with Gasteiger partial charge in [0.15, 0.2) is 0 Å². The predicted molar refractivity (Wildman–Crippen MR) is 82.6 cm³/mol. The summed E-state index contributed by atoms with van der Waals surface area (Å²) in [6.07, 6.45) is 0. The first-order chi connectivity index (χ1) is 9.60. The number of amides is 1. The zero-order chi connectivity index (χ0) is 14.5. The van der Waals surface area contributed by atoms with E-state index in [-0.39, 0.29) is 12.5 Å². The van der Waals surface area contributed by atoms with Crippen molar-refractivity contribution in [3.05, 3.63) is 40.9 Å². The number of halogens is 1. The Kier molecular flexibility index (Phi) is 5.11. The fraction of sp³-hybridized carbons (Fsp3) is 0.286. The van der Waals surface area contributed by atoms with Crippen molar-refractivity contribution in [1.82, 2.24) is 9.88 Å². The molecule has 1 aromatic heterocycles. The highest BCUT2D eigenvalue weighted by Gasteiger charge is 2.11. The van der Waals surface area contributed by atoms with Crippen LogP contribution < -0.4 is 5.73 Å². The Morgan fingerprint density at radius 3 is 2.85 bits per heavy atom. The van der Waals surface area contributed by atoms with Crippen LogP contribution in [-0.2, 0) is 17.2 Å². The molecule has 1 heterocycles. The van der Waals surface area contributed by atoms with Crippen LogP contribution in [0.1, 0.15) is 11.3 Å². The predicted octanol–water partition coefficient (Wildman–Crippen LogP) is 2.47. The first-order valence-corrected chi connectivity index (χ1v) is 7.57. The highest BCUT2D eigenvalue weighted by molar-refractivity contribution is 7.13. The van der Waals surface area contributed by atoms with Crippen LogP contribution in [0.5, 0.6) is 0 Å². The average molecular weight is 310 g/mol. The maximum absolute atomic E-state index is 11.0. The van der Waals surface area contributed by atoms with Gasteiger partial charge in [0.1, 0.15) is 5.01 Å². The summed E-state index contributed by atoms with van der Waals surface area (Å²) in [5.41, 5.74) is 8.29. The van der Waals surface area contributed by atoms with Gasteiger partial charge in [-0.05, 0) is 12.6 Å². The summed E-state index contributed by atoms with van der Waals surface area (Å²) in [5.74, 6) is 0.0870. The number of likely N-dealkylation sites (N-methyl/N-ethyl adjacent to an activating group) is 1. The maximum atomic E-state index is 11.0. The van der Waals surface area contributed by atoms with Gasteiger partial charge in [0.25, 0.3) is 0 Å². The van der Waals surface area contributed by atoms with Crippen molar-refractivity contribution in [3.63, 3.8) is 0 Å². The number of rotatable bonds is 6. The quantitative estimate of drug-likeness (QED) is 0.834. The third-order valence-corrected chi connectivity index (χ3v) is 4.00. The van der Waals surface area contributed by atoms with E-state index in [0.29, 0.717) is 12.4 Å². The van der Waals surface area contributed by atoms with Crippen LogP contribution in [0, 0.1) is 0 Å². The van der Waals surface area contributed by atoms with Gasteiger partial charge in [-0.2, -0.15) is 0 Å². The summed E-state index contributed by atoms with van der Waals surface area (Å²) in [4.78, 5) is 17.3. The van der Waals surface area contributed by atoms with Crippen molar-refractivity contribution in [2.24, 2.45) is 5.73 Å². The molecular weight excluding hydrogens is 294 g/mol. The zero-order valence-electron chi connectivity index (χ0n) is 11.2. The third kappa shape index (κ3) is 3.79. The Labute approximate surface area is 127 Å². The summed E-state index contributed by atoms with van der Waals surface area (Å²) < 4.78 is 0. The largest absolute Gasteiger partial charge is 0.369 e. The van der Waals surface area contributed by atoms with Crippen molar-refractivity contribution in [2.75, 3.05) is 13.6 Å². The molecule has 4 nitrogen and oxygen atoms in total. The Morgan fingerprint density at radius 1 is 1.45 bits per heavy atom. The van der Waals surface area contributed by atoms with E-state index >= 15 is 0 Å². The fourth-order valence-electron chi connectivity index (χ4n) is 1.97.